The molecule has 184 valence electrons. The van der Waals surface area contributed by atoms with Crippen molar-refractivity contribution in [2.75, 3.05) is 45.2 Å². The fourth-order valence-electron chi connectivity index (χ4n) is 4.40. The van der Waals surface area contributed by atoms with Crippen molar-refractivity contribution in [2.24, 2.45) is 5.92 Å². The predicted octanol–water partition coefficient (Wildman–Crippen LogP) is 3.21. The quantitative estimate of drug-likeness (QED) is 0.579. The van der Waals surface area contributed by atoms with E-state index in [2.05, 4.69) is 29.2 Å². The standard InChI is InChI=1S/C25H36N6O3/c1-5-22-21(16-30(6-2)34-22)26-25(32)27-23-18(3)24(28-31(23)20-10-8-7-9-11-20)33-17-19-12-14-29(4)15-13-19/h5,7-11,19,21-22H,1,6,12-17H2,2-4H3,(H2,26,27,32)/t21-,22+/m1/s1. The molecule has 1 aromatic carbocycles. The predicted molar refractivity (Wildman–Crippen MR) is 132 cm³/mol. The molecule has 0 radical (unpaired) electrons. The molecule has 9 heteroatoms. The zero-order chi connectivity index (χ0) is 24.1. The highest BCUT2D eigenvalue weighted by atomic mass is 16.7. The van der Waals surface area contributed by atoms with Gasteiger partial charge in [-0.15, -0.1) is 11.7 Å². The summed E-state index contributed by atoms with van der Waals surface area (Å²) in [5.74, 6) is 1.64. The molecular weight excluding hydrogens is 432 g/mol. The summed E-state index contributed by atoms with van der Waals surface area (Å²) in [6.45, 7) is 11.9. The zero-order valence-electron chi connectivity index (χ0n) is 20.4. The first-order valence-electron chi connectivity index (χ1n) is 12.1. The molecule has 9 nitrogen and oxygen atoms in total. The van der Waals surface area contributed by atoms with Crippen LogP contribution in [0.5, 0.6) is 5.88 Å². The smallest absolute Gasteiger partial charge is 0.320 e. The Morgan fingerprint density at radius 1 is 1.29 bits per heavy atom. The largest absolute Gasteiger partial charge is 0.476 e. The van der Waals surface area contributed by atoms with E-state index in [0.29, 0.717) is 30.8 Å². The second kappa shape index (κ2) is 11.0. The number of urea groups is 1. The van der Waals surface area contributed by atoms with Crippen LogP contribution in [-0.2, 0) is 4.84 Å². The highest BCUT2D eigenvalue weighted by Gasteiger charge is 2.33. The first-order chi connectivity index (χ1) is 16.5. The van der Waals surface area contributed by atoms with Crippen LogP contribution in [0, 0.1) is 12.8 Å². The summed E-state index contributed by atoms with van der Waals surface area (Å²) < 4.78 is 7.90. The summed E-state index contributed by atoms with van der Waals surface area (Å²) in [5.41, 5.74) is 1.64. The van der Waals surface area contributed by atoms with Crippen molar-refractivity contribution in [3.05, 3.63) is 48.6 Å². The van der Waals surface area contributed by atoms with Gasteiger partial charge in [-0.1, -0.05) is 31.2 Å². The second-order valence-corrected chi connectivity index (χ2v) is 9.08. The van der Waals surface area contributed by atoms with Crippen molar-refractivity contribution in [2.45, 2.75) is 38.8 Å². The van der Waals surface area contributed by atoms with Gasteiger partial charge in [-0.05, 0) is 58.0 Å². The highest BCUT2D eigenvalue weighted by molar-refractivity contribution is 5.90. The summed E-state index contributed by atoms with van der Waals surface area (Å²) in [6.07, 6.45) is 3.69. The van der Waals surface area contributed by atoms with Crippen LogP contribution < -0.4 is 15.4 Å². The SMILES string of the molecule is C=C[C@@H]1ON(CC)C[C@H]1NC(=O)Nc1c(C)c(OCC2CCN(C)CC2)nn1-c1ccccc1. The first kappa shape index (κ1) is 24.3. The van der Waals surface area contributed by atoms with Crippen molar-refractivity contribution in [3.8, 4) is 11.6 Å². The van der Waals surface area contributed by atoms with Crippen LogP contribution in [0.25, 0.3) is 5.69 Å². The average Bonchev–Trinajstić information content (AvgIpc) is 3.39. The average molecular weight is 469 g/mol. The van der Waals surface area contributed by atoms with E-state index in [1.165, 1.54) is 0 Å². The molecule has 2 amide bonds. The molecule has 34 heavy (non-hydrogen) atoms. The number of likely N-dealkylation sites (tertiary alicyclic amines) is 1. The minimum atomic E-state index is -0.319. The molecule has 2 atom stereocenters. The molecule has 2 fully saturated rings. The molecule has 0 unspecified atom stereocenters. The van der Waals surface area contributed by atoms with Crippen molar-refractivity contribution >= 4 is 11.8 Å². The molecule has 0 aliphatic carbocycles. The molecule has 2 aromatic rings. The van der Waals surface area contributed by atoms with Crippen LogP contribution in [-0.4, -0.2) is 77.8 Å². The van der Waals surface area contributed by atoms with E-state index in [1.54, 1.807) is 10.8 Å². The molecule has 4 rings (SSSR count). The Labute approximate surface area is 201 Å². The summed E-state index contributed by atoms with van der Waals surface area (Å²) in [7, 11) is 2.15. The maximum atomic E-state index is 13.0. The van der Waals surface area contributed by atoms with Crippen LogP contribution in [0.2, 0.25) is 0 Å². The van der Waals surface area contributed by atoms with E-state index < -0.39 is 0 Å². The number of carbonyl (C=O) groups is 1. The zero-order valence-corrected chi connectivity index (χ0v) is 20.4. The van der Waals surface area contributed by atoms with Crippen molar-refractivity contribution in [1.82, 2.24) is 25.1 Å². The van der Waals surface area contributed by atoms with E-state index in [9.17, 15) is 4.79 Å². The molecular formula is C25H36N6O3. The molecule has 0 spiro atoms. The van der Waals surface area contributed by atoms with Crippen LogP contribution in [0.1, 0.15) is 25.3 Å². The molecule has 3 heterocycles. The van der Waals surface area contributed by atoms with Crippen LogP contribution in [0.3, 0.4) is 0 Å². The Morgan fingerprint density at radius 2 is 2.03 bits per heavy atom. The van der Waals surface area contributed by atoms with Gasteiger partial charge in [0.1, 0.15) is 11.9 Å². The lowest BCUT2D eigenvalue weighted by atomic mass is 9.98. The summed E-state index contributed by atoms with van der Waals surface area (Å²) in [5, 5.41) is 12.6. The van der Waals surface area contributed by atoms with Crippen molar-refractivity contribution in [1.29, 1.82) is 0 Å². The first-order valence-corrected chi connectivity index (χ1v) is 12.1. The third-order valence-electron chi connectivity index (χ3n) is 6.57. The lowest BCUT2D eigenvalue weighted by molar-refractivity contribution is -0.128. The van der Waals surface area contributed by atoms with Gasteiger partial charge in [0.05, 0.1) is 23.9 Å². The van der Waals surface area contributed by atoms with Gasteiger partial charge in [0, 0.05) is 13.1 Å². The lowest BCUT2D eigenvalue weighted by Gasteiger charge is -2.28. The van der Waals surface area contributed by atoms with E-state index >= 15 is 0 Å². The van der Waals surface area contributed by atoms with E-state index in [1.807, 2.05) is 49.2 Å². The van der Waals surface area contributed by atoms with Crippen molar-refractivity contribution in [3.63, 3.8) is 0 Å². The minimum absolute atomic E-state index is 0.189. The van der Waals surface area contributed by atoms with E-state index in [4.69, 9.17) is 14.7 Å². The maximum absolute atomic E-state index is 13.0. The third-order valence-corrected chi connectivity index (χ3v) is 6.57. The number of ether oxygens (including phenoxy) is 1. The van der Waals surface area contributed by atoms with Gasteiger partial charge in [0.15, 0.2) is 0 Å². The third kappa shape index (κ3) is 5.60. The fourth-order valence-corrected chi connectivity index (χ4v) is 4.40. The number of anilines is 1. The van der Waals surface area contributed by atoms with Gasteiger partial charge < -0.3 is 15.0 Å². The number of hydrogen-bond donors (Lipinski definition) is 2. The van der Waals surface area contributed by atoms with Crippen LogP contribution >= 0.6 is 0 Å². The fraction of sp³-hybridized carbons (Fsp3) is 0.520. The number of hydrogen-bond acceptors (Lipinski definition) is 6. The number of nitrogens with zero attached hydrogens (tertiary/aromatic N) is 4. The molecule has 0 bridgehead atoms. The topological polar surface area (TPSA) is 83.9 Å². The van der Waals surface area contributed by atoms with Gasteiger partial charge in [-0.3, -0.25) is 10.2 Å². The lowest BCUT2D eigenvalue weighted by Crippen LogP contribution is -2.44. The second-order valence-electron chi connectivity index (χ2n) is 9.08. The number of amides is 2. The van der Waals surface area contributed by atoms with E-state index in [-0.39, 0.29) is 18.2 Å². The number of benzene rings is 1. The number of rotatable bonds is 8. The monoisotopic (exact) mass is 468 g/mol. The van der Waals surface area contributed by atoms with Crippen LogP contribution in [0.15, 0.2) is 43.0 Å². The summed E-state index contributed by atoms with van der Waals surface area (Å²) in [4.78, 5) is 21.1. The number of aromatic nitrogens is 2. The van der Waals surface area contributed by atoms with Gasteiger partial charge in [-0.25, -0.2) is 9.48 Å². The Bertz CT molecular complexity index is 971. The van der Waals surface area contributed by atoms with Gasteiger partial charge in [0.2, 0.25) is 5.88 Å². The summed E-state index contributed by atoms with van der Waals surface area (Å²) >= 11 is 0. The molecule has 1 aromatic heterocycles. The Kier molecular flexibility index (Phi) is 7.87. The van der Waals surface area contributed by atoms with Gasteiger partial charge in [-0.2, -0.15) is 5.06 Å². The van der Waals surface area contributed by atoms with Crippen molar-refractivity contribution < 1.29 is 14.4 Å². The minimum Gasteiger partial charge on any atom is -0.476 e. The number of hydroxylamine groups is 2. The molecule has 2 saturated heterocycles. The molecule has 2 aliphatic rings. The Morgan fingerprint density at radius 3 is 2.71 bits per heavy atom. The molecule has 2 aliphatic heterocycles. The maximum Gasteiger partial charge on any atom is 0.320 e. The Balaban J connectivity index is 1.49. The number of likely N-dealkylation sites (N-methyl/N-ethyl adjacent to an activating group) is 1. The van der Waals surface area contributed by atoms with Gasteiger partial charge in [0.25, 0.3) is 0 Å². The number of para-hydroxylation sites is 1. The Hall–Kier alpha value is -2.88. The number of piperidine rings is 1. The number of nitrogens with one attached hydrogen (secondary N) is 2. The van der Waals surface area contributed by atoms with Crippen LogP contribution in [0.4, 0.5) is 10.6 Å². The molecule has 0 saturated carbocycles. The number of carbonyl (C=O) groups excluding carboxylic acids is 1. The molecule has 2 N–H and O–H groups in total. The summed E-state index contributed by atoms with van der Waals surface area (Å²) in [6, 6.07) is 9.23. The van der Waals surface area contributed by atoms with E-state index in [0.717, 1.165) is 43.7 Å². The normalized spacial score (nSPS) is 22.0. The van der Waals surface area contributed by atoms with Gasteiger partial charge >= 0.3 is 6.03 Å². The highest BCUT2D eigenvalue weighted by Crippen LogP contribution is 2.29.